The van der Waals surface area contributed by atoms with Gasteiger partial charge in [0.1, 0.15) is 0 Å². The minimum atomic E-state index is 0.0632. The van der Waals surface area contributed by atoms with E-state index in [2.05, 4.69) is 52.1 Å². The Morgan fingerprint density at radius 1 is 1.04 bits per heavy atom. The molecule has 0 radical (unpaired) electrons. The Morgan fingerprint density at radius 3 is 2.04 bits per heavy atom. The molecule has 1 N–H and O–H groups in total. The van der Waals surface area contributed by atoms with E-state index in [-0.39, 0.29) is 11.9 Å². The van der Waals surface area contributed by atoms with Crippen molar-refractivity contribution >= 4 is 11.6 Å². The number of anilines is 1. The van der Waals surface area contributed by atoms with E-state index in [1.165, 1.54) is 31.2 Å². The number of nitrogens with zero attached hydrogens (tertiary/aromatic N) is 1. The smallest absolute Gasteiger partial charge is 0.282 e. The van der Waals surface area contributed by atoms with Crippen molar-refractivity contribution in [3.63, 3.8) is 0 Å². The Labute approximate surface area is 148 Å². The van der Waals surface area contributed by atoms with Crippen molar-refractivity contribution in [1.82, 2.24) is 0 Å². The minimum Gasteiger partial charge on any atom is -0.320 e. The van der Waals surface area contributed by atoms with Gasteiger partial charge in [-0.1, -0.05) is 24.6 Å². The summed E-state index contributed by atoms with van der Waals surface area (Å²) >= 11 is 0. The number of hydrogen-bond donors (Lipinski definition) is 1. The molecule has 1 unspecified atom stereocenters. The highest BCUT2D eigenvalue weighted by Crippen LogP contribution is 2.27. The zero-order chi connectivity index (χ0) is 17.7. The second kappa shape index (κ2) is 8.15. The van der Waals surface area contributed by atoms with Crippen LogP contribution in [-0.4, -0.2) is 36.1 Å². The zero-order valence-corrected chi connectivity index (χ0v) is 16.2. The van der Waals surface area contributed by atoms with Crippen molar-refractivity contribution in [2.45, 2.75) is 72.8 Å². The Bertz CT molecular complexity index is 548. The first-order valence-corrected chi connectivity index (χ1v) is 9.68. The van der Waals surface area contributed by atoms with Crippen LogP contribution >= 0.6 is 0 Å². The van der Waals surface area contributed by atoms with E-state index in [0.29, 0.717) is 0 Å². The highest BCUT2D eigenvalue weighted by atomic mass is 16.2. The number of carbonyl (C=O) groups excluding carboxylic acids is 1. The van der Waals surface area contributed by atoms with Gasteiger partial charge < -0.3 is 9.80 Å². The molecule has 1 aliphatic rings. The number of rotatable bonds is 5. The van der Waals surface area contributed by atoms with Crippen LogP contribution in [-0.2, 0) is 4.79 Å². The Morgan fingerprint density at radius 2 is 1.58 bits per heavy atom. The molecule has 1 amide bonds. The molecule has 24 heavy (non-hydrogen) atoms. The van der Waals surface area contributed by atoms with Crippen LogP contribution in [0.15, 0.2) is 12.1 Å². The number of amides is 1. The van der Waals surface area contributed by atoms with Crippen LogP contribution in [0.4, 0.5) is 5.69 Å². The summed E-state index contributed by atoms with van der Waals surface area (Å²) in [7, 11) is 0. The van der Waals surface area contributed by atoms with Crippen LogP contribution in [0.5, 0.6) is 0 Å². The summed E-state index contributed by atoms with van der Waals surface area (Å²) < 4.78 is 0.965. The Kier molecular flexibility index (Phi) is 6.45. The maximum Gasteiger partial charge on any atom is 0.282 e. The van der Waals surface area contributed by atoms with Gasteiger partial charge in [-0.2, -0.15) is 0 Å². The number of aryl methyl sites for hydroxylation is 3. The first-order chi connectivity index (χ1) is 11.4. The third kappa shape index (κ3) is 4.00. The zero-order valence-electron chi connectivity index (χ0n) is 16.2. The second-order valence-electron chi connectivity index (χ2n) is 7.58. The molecule has 134 valence electrons. The summed E-state index contributed by atoms with van der Waals surface area (Å²) in [5, 5.41) is 3.28. The number of quaternary nitrogens is 1. The number of benzene rings is 1. The van der Waals surface area contributed by atoms with Crippen LogP contribution < -0.4 is 5.32 Å². The van der Waals surface area contributed by atoms with E-state index >= 15 is 0 Å². The Hall–Kier alpha value is -1.35. The van der Waals surface area contributed by atoms with Gasteiger partial charge in [0.05, 0.1) is 19.6 Å². The maximum atomic E-state index is 13.2. The molecule has 1 atom stereocenters. The van der Waals surface area contributed by atoms with Crippen molar-refractivity contribution in [2.75, 3.05) is 25.0 Å². The number of likely N-dealkylation sites (N-methyl/N-ethyl adjacent to an activating group) is 1. The summed E-state index contributed by atoms with van der Waals surface area (Å²) in [6.45, 7) is 14.1. The summed E-state index contributed by atoms with van der Waals surface area (Å²) in [6.07, 6.45) is 6.03. The van der Waals surface area contributed by atoms with E-state index in [1.54, 1.807) is 0 Å². The van der Waals surface area contributed by atoms with E-state index in [9.17, 15) is 4.79 Å². The van der Waals surface area contributed by atoms with E-state index < -0.39 is 0 Å². The lowest BCUT2D eigenvalue weighted by atomic mass is 10.0. The van der Waals surface area contributed by atoms with Gasteiger partial charge in [0.15, 0.2) is 6.04 Å². The summed E-state index contributed by atoms with van der Waals surface area (Å²) in [4.78, 5) is 13.2. The standard InChI is InChI=1S/C21H34N2O/c1-6-19(23(7-2)12-10-8-9-11-13-23)21(24)22-20-17(4)14-16(3)15-18(20)5/h14-15,19H,6-13H2,1-5H3/p+1. The van der Waals surface area contributed by atoms with Crippen molar-refractivity contribution in [2.24, 2.45) is 0 Å². The molecule has 0 bridgehead atoms. The first-order valence-electron chi connectivity index (χ1n) is 9.68. The topological polar surface area (TPSA) is 29.1 Å². The van der Waals surface area contributed by atoms with Gasteiger partial charge in [-0.05, 0) is 64.5 Å². The van der Waals surface area contributed by atoms with Gasteiger partial charge in [0.2, 0.25) is 0 Å². The molecule has 1 aromatic rings. The normalized spacial score (nSPS) is 18.7. The quantitative estimate of drug-likeness (QED) is 0.776. The number of hydrogen-bond acceptors (Lipinski definition) is 1. The fraction of sp³-hybridized carbons (Fsp3) is 0.667. The average molecular weight is 332 g/mol. The van der Waals surface area contributed by atoms with E-state index in [0.717, 1.165) is 47.4 Å². The second-order valence-corrected chi connectivity index (χ2v) is 7.58. The summed E-state index contributed by atoms with van der Waals surface area (Å²) in [6, 6.07) is 4.37. The van der Waals surface area contributed by atoms with Crippen LogP contribution in [0.1, 0.15) is 62.6 Å². The van der Waals surface area contributed by atoms with Crippen molar-refractivity contribution in [3.05, 3.63) is 28.8 Å². The van der Waals surface area contributed by atoms with Crippen LogP contribution in [0.25, 0.3) is 0 Å². The molecule has 2 rings (SSSR count). The average Bonchev–Trinajstić information content (AvgIpc) is 2.78. The fourth-order valence-electron chi connectivity index (χ4n) is 4.57. The SMILES string of the molecule is CCC(C(=O)Nc1c(C)cc(C)cc1C)[N+]1(CC)CCCCCC1. The monoisotopic (exact) mass is 331 g/mol. The molecule has 0 aromatic heterocycles. The van der Waals surface area contributed by atoms with Gasteiger partial charge in [0, 0.05) is 12.1 Å². The van der Waals surface area contributed by atoms with Crippen LogP contribution in [0.2, 0.25) is 0 Å². The Balaban J connectivity index is 2.25. The van der Waals surface area contributed by atoms with E-state index in [4.69, 9.17) is 0 Å². The molecule has 0 aliphatic carbocycles. The third-order valence-electron chi connectivity index (χ3n) is 5.86. The predicted octanol–water partition coefficient (Wildman–Crippen LogP) is 4.74. The highest BCUT2D eigenvalue weighted by molar-refractivity contribution is 5.95. The molecule has 0 saturated carbocycles. The van der Waals surface area contributed by atoms with Gasteiger partial charge in [-0.25, -0.2) is 0 Å². The molecule has 1 saturated heterocycles. The molecular formula is C21H35N2O+. The van der Waals surface area contributed by atoms with Crippen molar-refractivity contribution < 1.29 is 9.28 Å². The van der Waals surface area contributed by atoms with Gasteiger partial charge in [0.25, 0.3) is 5.91 Å². The number of likely N-dealkylation sites (tertiary alicyclic amines) is 1. The molecule has 3 nitrogen and oxygen atoms in total. The van der Waals surface area contributed by atoms with Crippen LogP contribution in [0.3, 0.4) is 0 Å². The maximum absolute atomic E-state index is 13.2. The molecule has 3 heteroatoms. The summed E-state index contributed by atoms with van der Waals surface area (Å²) in [5.41, 5.74) is 4.58. The minimum absolute atomic E-state index is 0.0632. The summed E-state index contributed by atoms with van der Waals surface area (Å²) in [5.74, 6) is 0.205. The molecule has 1 fully saturated rings. The van der Waals surface area contributed by atoms with E-state index in [1.807, 2.05) is 0 Å². The van der Waals surface area contributed by atoms with Gasteiger partial charge in [-0.15, -0.1) is 0 Å². The largest absolute Gasteiger partial charge is 0.320 e. The fourth-order valence-corrected chi connectivity index (χ4v) is 4.57. The first kappa shape index (κ1) is 19.0. The van der Waals surface area contributed by atoms with Gasteiger partial charge in [-0.3, -0.25) is 4.79 Å². The number of carbonyl (C=O) groups is 1. The molecular weight excluding hydrogens is 296 g/mol. The molecule has 1 aromatic carbocycles. The lowest BCUT2D eigenvalue weighted by Gasteiger charge is -2.42. The van der Waals surface area contributed by atoms with Gasteiger partial charge >= 0.3 is 0 Å². The van der Waals surface area contributed by atoms with Crippen molar-refractivity contribution in [3.8, 4) is 0 Å². The predicted molar refractivity (Wildman–Crippen MR) is 102 cm³/mol. The van der Waals surface area contributed by atoms with Crippen molar-refractivity contribution in [1.29, 1.82) is 0 Å². The lowest BCUT2D eigenvalue weighted by molar-refractivity contribution is -0.940. The number of nitrogens with one attached hydrogen (secondary N) is 1. The molecule has 0 spiro atoms. The third-order valence-corrected chi connectivity index (χ3v) is 5.86. The molecule has 1 aliphatic heterocycles. The lowest BCUT2D eigenvalue weighted by Crippen LogP contribution is -2.60. The highest BCUT2D eigenvalue weighted by Gasteiger charge is 2.39. The molecule has 1 heterocycles. The van der Waals surface area contributed by atoms with Crippen LogP contribution in [0, 0.1) is 20.8 Å².